The Balaban J connectivity index is 2.23. The highest BCUT2D eigenvalue weighted by molar-refractivity contribution is 5.95. The number of ether oxygens (including phenoxy) is 2. The van der Waals surface area contributed by atoms with Crippen molar-refractivity contribution in [2.75, 3.05) is 33.9 Å². The fourth-order valence-corrected chi connectivity index (χ4v) is 2.28. The molecule has 0 saturated carbocycles. The second-order valence-corrected chi connectivity index (χ2v) is 4.62. The van der Waals surface area contributed by atoms with Crippen LogP contribution in [0, 0.1) is 0 Å². The molecule has 0 aliphatic carbocycles. The lowest BCUT2D eigenvalue weighted by Crippen LogP contribution is -2.52. The molecule has 19 heavy (non-hydrogen) atoms. The van der Waals surface area contributed by atoms with Crippen molar-refractivity contribution in [3.63, 3.8) is 0 Å². The van der Waals surface area contributed by atoms with E-state index in [1.807, 2.05) is 11.8 Å². The zero-order valence-electron chi connectivity index (χ0n) is 11.6. The molecule has 104 valence electrons. The molecule has 0 aromatic heterocycles. The molecule has 1 aliphatic heterocycles. The van der Waals surface area contributed by atoms with Gasteiger partial charge in [-0.25, -0.2) is 0 Å². The molecule has 1 fully saturated rings. The number of piperazine rings is 1. The molecule has 1 heterocycles. The van der Waals surface area contributed by atoms with Crippen molar-refractivity contribution in [2.24, 2.45) is 0 Å². The second kappa shape index (κ2) is 5.93. The summed E-state index contributed by atoms with van der Waals surface area (Å²) in [4.78, 5) is 14.4. The van der Waals surface area contributed by atoms with E-state index in [9.17, 15) is 4.79 Å². The number of amides is 1. The Kier molecular flexibility index (Phi) is 4.27. The smallest absolute Gasteiger partial charge is 0.254 e. The summed E-state index contributed by atoms with van der Waals surface area (Å²) < 4.78 is 10.4. The summed E-state index contributed by atoms with van der Waals surface area (Å²) in [5.74, 6) is 1.25. The fraction of sp³-hybridized carbons (Fsp3) is 0.500. The van der Waals surface area contributed by atoms with Crippen LogP contribution in [0.3, 0.4) is 0 Å². The molecule has 1 aromatic carbocycles. The number of rotatable bonds is 3. The molecule has 1 atom stereocenters. The number of nitrogens with zero attached hydrogens (tertiary/aromatic N) is 1. The Morgan fingerprint density at radius 3 is 2.68 bits per heavy atom. The van der Waals surface area contributed by atoms with E-state index >= 15 is 0 Å². The van der Waals surface area contributed by atoms with Gasteiger partial charge in [0, 0.05) is 31.2 Å². The largest absolute Gasteiger partial charge is 0.493 e. The third-order valence-electron chi connectivity index (χ3n) is 3.39. The molecule has 0 spiro atoms. The highest BCUT2D eigenvalue weighted by Crippen LogP contribution is 2.28. The first-order chi connectivity index (χ1) is 9.17. The fourth-order valence-electron chi connectivity index (χ4n) is 2.28. The molecule has 2 rings (SSSR count). The van der Waals surface area contributed by atoms with Crippen LogP contribution in [0.25, 0.3) is 0 Å². The van der Waals surface area contributed by atoms with Crippen LogP contribution in [0.4, 0.5) is 0 Å². The van der Waals surface area contributed by atoms with E-state index < -0.39 is 0 Å². The lowest BCUT2D eigenvalue weighted by atomic mass is 10.1. The van der Waals surface area contributed by atoms with Crippen molar-refractivity contribution in [1.29, 1.82) is 0 Å². The number of benzene rings is 1. The number of carbonyl (C=O) groups is 1. The van der Waals surface area contributed by atoms with E-state index in [2.05, 4.69) is 5.32 Å². The average Bonchev–Trinajstić information content (AvgIpc) is 2.46. The summed E-state index contributed by atoms with van der Waals surface area (Å²) in [7, 11) is 3.15. The van der Waals surface area contributed by atoms with Gasteiger partial charge in [-0.3, -0.25) is 4.79 Å². The van der Waals surface area contributed by atoms with Gasteiger partial charge in [0.05, 0.1) is 14.2 Å². The van der Waals surface area contributed by atoms with Gasteiger partial charge in [-0.1, -0.05) is 0 Å². The van der Waals surface area contributed by atoms with Crippen molar-refractivity contribution >= 4 is 5.91 Å². The summed E-state index contributed by atoms with van der Waals surface area (Å²) in [5.41, 5.74) is 0.631. The van der Waals surface area contributed by atoms with Gasteiger partial charge in [0.25, 0.3) is 5.91 Å². The van der Waals surface area contributed by atoms with Crippen molar-refractivity contribution in [3.8, 4) is 11.5 Å². The van der Waals surface area contributed by atoms with Crippen molar-refractivity contribution in [3.05, 3.63) is 23.8 Å². The zero-order valence-corrected chi connectivity index (χ0v) is 11.6. The lowest BCUT2D eigenvalue weighted by molar-refractivity contribution is 0.0655. The summed E-state index contributed by atoms with van der Waals surface area (Å²) in [5, 5.41) is 3.27. The Labute approximate surface area is 113 Å². The van der Waals surface area contributed by atoms with Gasteiger partial charge >= 0.3 is 0 Å². The standard InChI is InChI=1S/C14H20N2O3/c1-10-9-15-6-7-16(10)14(17)11-4-5-12(18-2)13(8-11)19-3/h4-5,8,10,15H,6-7,9H2,1-3H3. The maximum atomic E-state index is 12.5. The summed E-state index contributed by atoms with van der Waals surface area (Å²) in [6, 6.07) is 5.47. The monoisotopic (exact) mass is 264 g/mol. The van der Waals surface area contributed by atoms with Crippen molar-refractivity contribution in [2.45, 2.75) is 13.0 Å². The first-order valence-corrected chi connectivity index (χ1v) is 6.41. The molecule has 1 aromatic rings. The van der Waals surface area contributed by atoms with Crippen LogP contribution in [0.5, 0.6) is 11.5 Å². The first kappa shape index (κ1) is 13.7. The van der Waals surface area contributed by atoms with Gasteiger partial charge in [-0.05, 0) is 25.1 Å². The van der Waals surface area contributed by atoms with Crippen LogP contribution >= 0.6 is 0 Å². The number of nitrogens with one attached hydrogen (secondary N) is 1. The molecule has 1 amide bonds. The van der Waals surface area contributed by atoms with Crippen LogP contribution in [0.2, 0.25) is 0 Å². The van der Waals surface area contributed by atoms with Gasteiger partial charge in [0.2, 0.25) is 0 Å². The van der Waals surface area contributed by atoms with Crippen LogP contribution in [-0.4, -0.2) is 50.7 Å². The quantitative estimate of drug-likeness (QED) is 0.889. The van der Waals surface area contributed by atoms with Gasteiger partial charge in [0.15, 0.2) is 11.5 Å². The third-order valence-corrected chi connectivity index (χ3v) is 3.39. The van der Waals surface area contributed by atoms with E-state index in [4.69, 9.17) is 9.47 Å². The van der Waals surface area contributed by atoms with Crippen LogP contribution in [0.1, 0.15) is 17.3 Å². The normalized spacial score (nSPS) is 19.1. The Hall–Kier alpha value is -1.75. The highest BCUT2D eigenvalue weighted by Gasteiger charge is 2.24. The molecule has 5 heteroatoms. The van der Waals surface area contributed by atoms with E-state index in [0.29, 0.717) is 17.1 Å². The zero-order chi connectivity index (χ0) is 13.8. The Morgan fingerprint density at radius 1 is 1.32 bits per heavy atom. The number of hydrogen-bond donors (Lipinski definition) is 1. The van der Waals surface area contributed by atoms with Gasteiger partial charge in [-0.15, -0.1) is 0 Å². The van der Waals surface area contributed by atoms with Gasteiger partial charge in [-0.2, -0.15) is 0 Å². The van der Waals surface area contributed by atoms with Crippen LogP contribution < -0.4 is 14.8 Å². The van der Waals surface area contributed by atoms with E-state index in [1.54, 1.807) is 32.4 Å². The molecule has 1 saturated heterocycles. The second-order valence-electron chi connectivity index (χ2n) is 4.62. The molecule has 0 bridgehead atoms. The van der Waals surface area contributed by atoms with E-state index in [1.165, 1.54) is 0 Å². The molecule has 1 unspecified atom stereocenters. The van der Waals surface area contributed by atoms with E-state index in [-0.39, 0.29) is 11.9 Å². The minimum Gasteiger partial charge on any atom is -0.493 e. The predicted octanol–water partition coefficient (Wildman–Crippen LogP) is 1.14. The number of methoxy groups -OCH3 is 2. The maximum Gasteiger partial charge on any atom is 0.254 e. The summed E-state index contributed by atoms with van der Waals surface area (Å²) in [6.07, 6.45) is 0. The molecular formula is C14H20N2O3. The van der Waals surface area contributed by atoms with Gasteiger partial charge in [0.1, 0.15) is 0 Å². The number of carbonyl (C=O) groups excluding carboxylic acids is 1. The van der Waals surface area contributed by atoms with Crippen molar-refractivity contribution < 1.29 is 14.3 Å². The Bertz CT molecular complexity index is 462. The molecule has 0 radical (unpaired) electrons. The van der Waals surface area contributed by atoms with Gasteiger partial charge < -0.3 is 19.7 Å². The molecular weight excluding hydrogens is 244 g/mol. The highest BCUT2D eigenvalue weighted by atomic mass is 16.5. The molecule has 5 nitrogen and oxygen atoms in total. The number of hydrogen-bond acceptors (Lipinski definition) is 4. The van der Waals surface area contributed by atoms with Crippen LogP contribution in [-0.2, 0) is 0 Å². The molecule has 1 aliphatic rings. The maximum absolute atomic E-state index is 12.5. The first-order valence-electron chi connectivity index (χ1n) is 6.41. The topological polar surface area (TPSA) is 50.8 Å². The third kappa shape index (κ3) is 2.81. The lowest BCUT2D eigenvalue weighted by Gasteiger charge is -2.34. The van der Waals surface area contributed by atoms with Crippen molar-refractivity contribution in [1.82, 2.24) is 10.2 Å². The average molecular weight is 264 g/mol. The molecule has 1 N–H and O–H groups in total. The SMILES string of the molecule is COc1ccc(C(=O)N2CCNCC2C)cc1OC. The Morgan fingerprint density at radius 2 is 2.05 bits per heavy atom. The summed E-state index contributed by atoms with van der Waals surface area (Å²) >= 11 is 0. The van der Waals surface area contributed by atoms with Crippen LogP contribution in [0.15, 0.2) is 18.2 Å². The minimum atomic E-state index is 0.0370. The summed E-state index contributed by atoms with van der Waals surface area (Å²) in [6.45, 7) is 4.45. The predicted molar refractivity (Wildman–Crippen MR) is 72.9 cm³/mol. The minimum absolute atomic E-state index is 0.0370. The van der Waals surface area contributed by atoms with E-state index in [0.717, 1.165) is 19.6 Å².